The standard InChI is InChI=1S/C16H22N6O2/c1-12-15-18-8-14(9-20-11-17-10-19-20)22(15)5-4-21(12)16(23)13-2-6-24-7-3-13/h8,10-13H,2-7,9H2,1H3. The highest BCUT2D eigenvalue weighted by atomic mass is 16.5. The minimum absolute atomic E-state index is 0.00130. The summed E-state index contributed by atoms with van der Waals surface area (Å²) in [5.74, 6) is 1.30. The normalized spacial score (nSPS) is 21.7. The van der Waals surface area contributed by atoms with Gasteiger partial charge in [0.05, 0.1) is 24.5 Å². The smallest absolute Gasteiger partial charge is 0.226 e. The maximum atomic E-state index is 12.8. The quantitative estimate of drug-likeness (QED) is 0.834. The van der Waals surface area contributed by atoms with Crippen LogP contribution in [0.25, 0.3) is 0 Å². The highest BCUT2D eigenvalue weighted by Gasteiger charge is 2.34. The van der Waals surface area contributed by atoms with Crippen LogP contribution in [0.15, 0.2) is 18.9 Å². The first-order valence-corrected chi connectivity index (χ1v) is 8.49. The van der Waals surface area contributed by atoms with Crippen molar-refractivity contribution in [1.82, 2.24) is 29.2 Å². The zero-order chi connectivity index (χ0) is 16.5. The van der Waals surface area contributed by atoms with Crippen LogP contribution in [-0.2, 0) is 22.6 Å². The second-order valence-corrected chi connectivity index (χ2v) is 6.45. The van der Waals surface area contributed by atoms with E-state index in [0.29, 0.717) is 19.8 Å². The maximum Gasteiger partial charge on any atom is 0.226 e. The fraction of sp³-hybridized carbons (Fsp3) is 0.625. The Balaban J connectivity index is 1.51. The monoisotopic (exact) mass is 330 g/mol. The van der Waals surface area contributed by atoms with E-state index in [0.717, 1.165) is 37.4 Å². The Kier molecular flexibility index (Phi) is 4.05. The number of ether oxygens (including phenoxy) is 1. The van der Waals surface area contributed by atoms with Crippen molar-refractivity contribution in [3.05, 3.63) is 30.4 Å². The fourth-order valence-electron chi connectivity index (χ4n) is 3.65. The molecule has 8 nitrogen and oxygen atoms in total. The number of aromatic nitrogens is 5. The van der Waals surface area contributed by atoms with E-state index >= 15 is 0 Å². The predicted molar refractivity (Wildman–Crippen MR) is 85.0 cm³/mol. The van der Waals surface area contributed by atoms with Gasteiger partial charge in [0.1, 0.15) is 18.5 Å². The van der Waals surface area contributed by atoms with Crippen LogP contribution in [0.3, 0.4) is 0 Å². The Morgan fingerprint density at radius 3 is 2.92 bits per heavy atom. The molecule has 0 saturated carbocycles. The number of hydrogen-bond donors (Lipinski definition) is 0. The van der Waals surface area contributed by atoms with Crippen LogP contribution in [0.4, 0.5) is 0 Å². The number of carbonyl (C=O) groups is 1. The molecule has 0 radical (unpaired) electrons. The van der Waals surface area contributed by atoms with Crippen LogP contribution in [0, 0.1) is 5.92 Å². The fourth-order valence-corrected chi connectivity index (χ4v) is 3.65. The first kappa shape index (κ1) is 15.3. The van der Waals surface area contributed by atoms with E-state index in [4.69, 9.17) is 4.74 Å². The van der Waals surface area contributed by atoms with Gasteiger partial charge < -0.3 is 14.2 Å². The van der Waals surface area contributed by atoms with E-state index in [1.165, 1.54) is 6.33 Å². The van der Waals surface area contributed by atoms with Crippen molar-refractivity contribution >= 4 is 5.91 Å². The Labute approximate surface area is 140 Å². The molecule has 2 aromatic rings. The number of fused-ring (bicyclic) bond motifs is 1. The zero-order valence-corrected chi connectivity index (χ0v) is 13.8. The summed E-state index contributed by atoms with van der Waals surface area (Å²) in [6, 6.07) is -0.00130. The molecule has 0 aliphatic carbocycles. The molecular formula is C16H22N6O2. The molecule has 1 saturated heterocycles. The summed E-state index contributed by atoms with van der Waals surface area (Å²) in [6.45, 7) is 5.59. The molecule has 24 heavy (non-hydrogen) atoms. The van der Waals surface area contributed by atoms with Crippen molar-refractivity contribution < 1.29 is 9.53 Å². The minimum Gasteiger partial charge on any atom is -0.381 e. The summed E-state index contributed by atoms with van der Waals surface area (Å²) in [6.07, 6.45) is 6.77. The van der Waals surface area contributed by atoms with Gasteiger partial charge in [0.15, 0.2) is 0 Å². The summed E-state index contributed by atoms with van der Waals surface area (Å²) >= 11 is 0. The number of imidazole rings is 1. The van der Waals surface area contributed by atoms with Gasteiger partial charge in [0.2, 0.25) is 5.91 Å². The predicted octanol–water partition coefficient (Wildman–Crippen LogP) is 0.853. The van der Waals surface area contributed by atoms with Crippen LogP contribution in [-0.4, -0.2) is 54.9 Å². The van der Waals surface area contributed by atoms with E-state index in [1.54, 1.807) is 11.0 Å². The Hall–Kier alpha value is -2.22. The number of rotatable bonds is 3. The molecule has 1 unspecified atom stereocenters. The molecule has 8 heteroatoms. The van der Waals surface area contributed by atoms with Gasteiger partial charge in [-0.05, 0) is 19.8 Å². The molecule has 2 aromatic heterocycles. The topological polar surface area (TPSA) is 78.1 Å². The molecule has 0 N–H and O–H groups in total. The largest absolute Gasteiger partial charge is 0.381 e. The molecular weight excluding hydrogens is 308 g/mol. The van der Waals surface area contributed by atoms with Crippen LogP contribution in [0.2, 0.25) is 0 Å². The van der Waals surface area contributed by atoms with E-state index in [9.17, 15) is 4.79 Å². The molecule has 4 heterocycles. The molecule has 0 bridgehead atoms. The van der Waals surface area contributed by atoms with Crippen molar-refractivity contribution in [1.29, 1.82) is 0 Å². The van der Waals surface area contributed by atoms with Gasteiger partial charge in [0.25, 0.3) is 0 Å². The summed E-state index contributed by atoms with van der Waals surface area (Å²) in [7, 11) is 0. The van der Waals surface area contributed by atoms with Crippen molar-refractivity contribution in [2.75, 3.05) is 19.8 Å². The van der Waals surface area contributed by atoms with Crippen LogP contribution < -0.4 is 0 Å². The van der Waals surface area contributed by atoms with Crippen molar-refractivity contribution in [2.24, 2.45) is 5.92 Å². The molecule has 128 valence electrons. The zero-order valence-electron chi connectivity index (χ0n) is 13.8. The van der Waals surface area contributed by atoms with Crippen LogP contribution >= 0.6 is 0 Å². The maximum absolute atomic E-state index is 12.8. The van der Waals surface area contributed by atoms with Crippen molar-refractivity contribution in [3.8, 4) is 0 Å². The van der Waals surface area contributed by atoms with E-state index in [2.05, 4.69) is 26.6 Å². The highest BCUT2D eigenvalue weighted by Crippen LogP contribution is 2.29. The second-order valence-electron chi connectivity index (χ2n) is 6.45. The third-order valence-electron chi connectivity index (χ3n) is 5.02. The van der Waals surface area contributed by atoms with Gasteiger partial charge in [-0.25, -0.2) is 14.6 Å². The lowest BCUT2D eigenvalue weighted by molar-refractivity contribution is -0.142. The molecule has 0 spiro atoms. The molecule has 2 aliphatic heterocycles. The molecule has 1 fully saturated rings. The summed E-state index contributed by atoms with van der Waals surface area (Å²) in [5.41, 5.74) is 1.10. The van der Waals surface area contributed by atoms with Gasteiger partial charge in [-0.1, -0.05) is 0 Å². The third-order valence-corrected chi connectivity index (χ3v) is 5.02. The highest BCUT2D eigenvalue weighted by molar-refractivity contribution is 5.79. The Morgan fingerprint density at radius 1 is 1.33 bits per heavy atom. The molecule has 2 aliphatic rings. The molecule has 1 amide bonds. The second kappa shape index (κ2) is 6.35. The number of carbonyl (C=O) groups excluding carboxylic acids is 1. The van der Waals surface area contributed by atoms with Gasteiger partial charge in [-0.3, -0.25) is 4.79 Å². The van der Waals surface area contributed by atoms with Gasteiger partial charge in [-0.15, -0.1) is 0 Å². The SMILES string of the molecule is CC1c2ncc(Cn3cncn3)n2CCN1C(=O)C1CCOCC1. The molecule has 4 rings (SSSR count). The van der Waals surface area contributed by atoms with Gasteiger partial charge in [-0.2, -0.15) is 5.10 Å². The number of amides is 1. The van der Waals surface area contributed by atoms with Crippen LogP contribution in [0.5, 0.6) is 0 Å². The van der Waals surface area contributed by atoms with Gasteiger partial charge >= 0.3 is 0 Å². The average Bonchev–Trinajstić information content (AvgIpc) is 3.27. The lowest BCUT2D eigenvalue weighted by Gasteiger charge is -2.37. The lowest BCUT2D eigenvalue weighted by Crippen LogP contribution is -2.45. The number of hydrogen-bond acceptors (Lipinski definition) is 5. The summed E-state index contributed by atoms with van der Waals surface area (Å²) < 4.78 is 9.37. The minimum atomic E-state index is -0.00130. The van der Waals surface area contributed by atoms with Crippen molar-refractivity contribution in [2.45, 2.75) is 38.9 Å². The molecule has 0 aromatic carbocycles. The Morgan fingerprint density at radius 2 is 2.17 bits per heavy atom. The average molecular weight is 330 g/mol. The summed E-state index contributed by atoms with van der Waals surface area (Å²) in [5, 5.41) is 4.15. The van der Waals surface area contributed by atoms with E-state index in [-0.39, 0.29) is 17.9 Å². The number of nitrogens with zero attached hydrogens (tertiary/aromatic N) is 6. The van der Waals surface area contributed by atoms with E-state index < -0.39 is 0 Å². The Bertz CT molecular complexity index is 704. The van der Waals surface area contributed by atoms with Gasteiger partial charge in [0, 0.05) is 32.2 Å². The lowest BCUT2D eigenvalue weighted by atomic mass is 9.97. The molecule has 1 atom stereocenters. The van der Waals surface area contributed by atoms with Crippen molar-refractivity contribution in [3.63, 3.8) is 0 Å². The van der Waals surface area contributed by atoms with Crippen LogP contribution in [0.1, 0.15) is 37.3 Å². The third kappa shape index (κ3) is 2.71. The first-order chi connectivity index (χ1) is 11.7. The van der Waals surface area contributed by atoms with E-state index in [1.807, 2.05) is 11.1 Å². The first-order valence-electron chi connectivity index (χ1n) is 8.49. The summed E-state index contributed by atoms with van der Waals surface area (Å²) in [4.78, 5) is 23.4.